The van der Waals surface area contributed by atoms with E-state index in [9.17, 15) is 0 Å². The molecule has 0 saturated heterocycles. The lowest BCUT2D eigenvalue weighted by molar-refractivity contribution is 0.671. The molecule has 0 saturated carbocycles. The first kappa shape index (κ1) is 29.4. The molecule has 0 amide bonds. The van der Waals surface area contributed by atoms with Crippen LogP contribution >= 0.6 is 0 Å². The Bertz CT molecular complexity index is 3420. The number of hydrogen-bond donors (Lipinski definition) is 0. The number of aromatic nitrogens is 1. The van der Waals surface area contributed by atoms with Crippen molar-refractivity contribution in [1.29, 1.82) is 0 Å². The zero-order valence-corrected chi connectivity index (χ0v) is 29.3. The van der Waals surface area contributed by atoms with Gasteiger partial charge in [-0.25, -0.2) is 0 Å². The smallest absolute Gasteiger partial charge is 0.160 e. The minimum Gasteiger partial charge on any atom is -0.454 e. The van der Waals surface area contributed by atoms with Gasteiger partial charge < -0.3 is 8.98 Å². The summed E-state index contributed by atoms with van der Waals surface area (Å²) in [7, 11) is 0. The summed E-state index contributed by atoms with van der Waals surface area (Å²) in [5, 5.41) is 12.5. The quantitative estimate of drug-likeness (QED) is 0.169. The summed E-state index contributed by atoms with van der Waals surface area (Å²) >= 11 is 0. The van der Waals surface area contributed by atoms with Gasteiger partial charge in [0, 0.05) is 27.2 Å². The molecule has 0 atom stereocenters. The number of fused-ring (bicyclic) bond motifs is 7. The summed E-state index contributed by atoms with van der Waals surface area (Å²) in [4.78, 5) is 0. The molecule has 0 spiro atoms. The molecule has 2 heterocycles. The maximum atomic E-state index is 6.62. The largest absolute Gasteiger partial charge is 0.454 e. The van der Waals surface area contributed by atoms with Crippen molar-refractivity contribution >= 4 is 76.1 Å². The topological polar surface area (TPSA) is 18.1 Å². The van der Waals surface area contributed by atoms with Crippen LogP contribution in [0.3, 0.4) is 0 Å². The number of furan rings is 1. The van der Waals surface area contributed by atoms with E-state index in [4.69, 9.17) is 4.42 Å². The van der Waals surface area contributed by atoms with Gasteiger partial charge in [0.1, 0.15) is 5.58 Å². The lowest BCUT2D eigenvalue weighted by Crippen LogP contribution is -1.93. The van der Waals surface area contributed by atoms with Gasteiger partial charge in [-0.15, -0.1) is 0 Å². The maximum absolute atomic E-state index is 6.62. The molecule has 0 aliphatic rings. The SMILES string of the molecule is c1ccc(-c2ccc3ccc4c(-c5cccc(-c6ccc7c(c6)c6ccc8c9ccccc9oc8c6n7-c6ccccc6)c5)ccc5ccc2c3c54)cc1. The van der Waals surface area contributed by atoms with E-state index in [-0.39, 0.29) is 0 Å². The third-order valence-electron chi connectivity index (χ3n) is 11.5. The zero-order valence-electron chi connectivity index (χ0n) is 29.3. The van der Waals surface area contributed by atoms with Crippen LogP contribution in [0.15, 0.2) is 192 Å². The summed E-state index contributed by atoms with van der Waals surface area (Å²) < 4.78 is 8.99. The molecule has 0 bridgehead atoms. The second-order valence-corrected chi connectivity index (χ2v) is 14.4. The lowest BCUT2D eigenvalue weighted by atomic mass is 9.87. The van der Waals surface area contributed by atoms with Gasteiger partial charge >= 0.3 is 0 Å². The molecule has 0 aliphatic carbocycles. The van der Waals surface area contributed by atoms with Crippen molar-refractivity contribution in [2.75, 3.05) is 0 Å². The van der Waals surface area contributed by atoms with E-state index >= 15 is 0 Å². The first-order chi connectivity index (χ1) is 26.8. The van der Waals surface area contributed by atoms with Gasteiger partial charge in [-0.05, 0) is 108 Å². The number of rotatable bonds is 4. The minimum absolute atomic E-state index is 0.908. The average molecular weight is 686 g/mol. The van der Waals surface area contributed by atoms with E-state index in [1.165, 1.54) is 76.5 Å². The number of nitrogens with zero attached hydrogens (tertiary/aromatic N) is 1. The molecule has 54 heavy (non-hydrogen) atoms. The lowest BCUT2D eigenvalue weighted by Gasteiger charge is -2.17. The van der Waals surface area contributed by atoms with Crippen molar-refractivity contribution in [2.45, 2.75) is 0 Å². The minimum atomic E-state index is 0.908. The summed E-state index contributed by atoms with van der Waals surface area (Å²) in [6, 6.07) is 68.5. The standard InChI is InChI=1S/C52H31NO/c1-3-10-32(11-4-1)39-23-18-33-21-26-43-40(24-19-34-20-25-42(39)49(33)50(34)43)37-13-9-12-35(30-37)36-22-29-47-46(31-36)44-27-28-45-41-16-7-8-17-48(41)54-52(45)51(44)53(47)38-14-5-2-6-15-38/h1-31H. The van der Waals surface area contributed by atoms with Crippen LogP contribution in [0.1, 0.15) is 0 Å². The van der Waals surface area contributed by atoms with Gasteiger partial charge in [0.2, 0.25) is 0 Å². The Balaban J connectivity index is 1.05. The fourth-order valence-corrected chi connectivity index (χ4v) is 9.09. The van der Waals surface area contributed by atoms with Crippen LogP contribution in [-0.4, -0.2) is 4.57 Å². The van der Waals surface area contributed by atoms with Crippen molar-refractivity contribution in [2.24, 2.45) is 0 Å². The average Bonchev–Trinajstić information content (AvgIpc) is 3.79. The Morgan fingerprint density at radius 2 is 0.944 bits per heavy atom. The van der Waals surface area contributed by atoms with Gasteiger partial charge in [-0.2, -0.15) is 0 Å². The Kier molecular flexibility index (Phi) is 6.09. The summed E-state index contributed by atoms with van der Waals surface area (Å²) in [5.74, 6) is 0. The Labute approximate surface area is 311 Å². The van der Waals surface area contributed by atoms with Crippen molar-refractivity contribution < 1.29 is 4.42 Å². The van der Waals surface area contributed by atoms with Gasteiger partial charge in [0.05, 0.1) is 11.0 Å². The molecule has 10 aromatic carbocycles. The third kappa shape index (κ3) is 4.17. The number of para-hydroxylation sites is 2. The van der Waals surface area contributed by atoms with Crippen LogP contribution in [0.2, 0.25) is 0 Å². The van der Waals surface area contributed by atoms with E-state index in [1.54, 1.807) is 0 Å². The van der Waals surface area contributed by atoms with E-state index in [0.717, 1.165) is 38.7 Å². The van der Waals surface area contributed by atoms with Crippen LogP contribution in [-0.2, 0) is 0 Å². The highest BCUT2D eigenvalue weighted by atomic mass is 16.3. The molecule has 250 valence electrons. The van der Waals surface area contributed by atoms with Crippen molar-refractivity contribution in [1.82, 2.24) is 4.57 Å². The first-order valence-corrected chi connectivity index (χ1v) is 18.6. The second-order valence-electron chi connectivity index (χ2n) is 14.4. The monoisotopic (exact) mass is 685 g/mol. The molecule has 0 N–H and O–H groups in total. The normalized spacial score (nSPS) is 12.1. The second kappa shape index (κ2) is 11.2. The fourth-order valence-electron chi connectivity index (χ4n) is 9.09. The molecule has 0 radical (unpaired) electrons. The molecule has 0 fully saturated rings. The van der Waals surface area contributed by atoms with Gasteiger partial charge in [0.25, 0.3) is 0 Å². The number of hydrogen-bond acceptors (Lipinski definition) is 1. The van der Waals surface area contributed by atoms with Crippen molar-refractivity contribution in [3.05, 3.63) is 188 Å². The Morgan fingerprint density at radius 1 is 0.352 bits per heavy atom. The maximum Gasteiger partial charge on any atom is 0.160 e. The highest BCUT2D eigenvalue weighted by molar-refractivity contribution is 6.28. The third-order valence-corrected chi connectivity index (χ3v) is 11.5. The van der Waals surface area contributed by atoms with Crippen LogP contribution in [0.5, 0.6) is 0 Å². The predicted molar refractivity (Wildman–Crippen MR) is 228 cm³/mol. The van der Waals surface area contributed by atoms with Crippen molar-refractivity contribution in [3.8, 4) is 39.1 Å². The summed E-state index contributed by atoms with van der Waals surface area (Å²) in [6.07, 6.45) is 0. The predicted octanol–water partition coefficient (Wildman–Crippen LogP) is 14.6. The molecule has 12 rings (SSSR count). The van der Waals surface area contributed by atoms with Crippen LogP contribution < -0.4 is 0 Å². The van der Waals surface area contributed by atoms with Gasteiger partial charge in [0.15, 0.2) is 5.58 Å². The first-order valence-electron chi connectivity index (χ1n) is 18.6. The van der Waals surface area contributed by atoms with Crippen LogP contribution in [0.25, 0.3) is 115 Å². The molecule has 0 aliphatic heterocycles. The Morgan fingerprint density at radius 3 is 1.72 bits per heavy atom. The molecular formula is C52H31NO. The van der Waals surface area contributed by atoms with Crippen LogP contribution in [0.4, 0.5) is 0 Å². The molecule has 12 aromatic rings. The van der Waals surface area contributed by atoms with Crippen LogP contribution in [0, 0.1) is 0 Å². The Hall–Kier alpha value is -7.16. The van der Waals surface area contributed by atoms with Crippen molar-refractivity contribution in [3.63, 3.8) is 0 Å². The molecule has 2 heteroatoms. The number of benzene rings is 10. The fraction of sp³-hybridized carbons (Fsp3) is 0. The summed E-state index contributed by atoms with van der Waals surface area (Å²) in [6.45, 7) is 0. The molecule has 0 unspecified atom stereocenters. The van der Waals surface area contributed by atoms with E-state index in [1.807, 2.05) is 6.07 Å². The molecule has 2 aromatic heterocycles. The van der Waals surface area contributed by atoms with E-state index in [0.29, 0.717) is 0 Å². The highest BCUT2D eigenvalue weighted by Gasteiger charge is 2.20. The van der Waals surface area contributed by atoms with E-state index < -0.39 is 0 Å². The van der Waals surface area contributed by atoms with Gasteiger partial charge in [-0.1, -0.05) is 146 Å². The summed E-state index contributed by atoms with van der Waals surface area (Å²) in [5.41, 5.74) is 12.6. The zero-order chi connectivity index (χ0) is 35.3. The highest BCUT2D eigenvalue weighted by Crippen LogP contribution is 2.44. The molecule has 2 nitrogen and oxygen atoms in total. The van der Waals surface area contributed by atoms with Gasteiger partial charge in [-0.3, -0.25) is 0 Å². The van der Waals surface area contributed by atoms with E-state index in [2.05, 4.69) is 187 Å². The molecular weight excluding hydrogens is 655 g/mol.